The van der Waals surface area contributed by atoms with E-state index in [0.717, 1.165) is 5.69 Å². The highest BCUT2D eigenvalue weighted by Crippen LogP contribution is 2.25. The Hall–Kier alpha value is -1.30. The summed E-state index contributed by atoms with van der Waals surface area (Å²) in [6, 6.07) is 1.63. The van der Waals surface area contributed by atoms with Crippen molar-refractivity contribution in [3.63, 3.8) is 0 Å². The molecule has 1 N–H and O–H groups in total. The van der Waals surface area contributed by atoms with Gasteiger partial charge in [-0.25, -0.2) is 4.98 Å². The number of rotatable bonds is 5. The molecule has 2 rings (SSSR count). The van der Waals surface area contributed by atoms with Gasteiger partial charge in [0.05, 0.1) is 35.1 Å². The molecule has 0 unspecified atom stereocenters. The lowest BCUT2D eigenvalue weighted by atomic mass is 10.4. The first-order chi connectivity index (χ1) is 8.69. The van der Waals surface area contributed by atoms with Gasteiger partial charge < -0.3 is 10.1 Å². The zero-order valence-electron chi connectivity index (χ0n) is 9.73. The monoisotopic (exact) mass is 286 g/mol. The Labute approximate surface area is 115 Å². The van der Waals surface area contributed by atoms with E-state index in [1.54, 1.807) is 24.1 Å². The fraction of sp³-hybridized carbons (Fsp3) is 0.273. The molecule has 5 nitrogen and oxygen atoms in total. The first-order valence-electron chi connectivity index (χ1n) is 5.28. The molecule has 2 heterocycles. The summed E-state index contributed by atoms with van der Waals surface area (Å²) in [5.41, 5.74) is 0.808. The summed E-state index contributed by atoms with van der Waals surface area (Å²) in [6.45, 7) is 1.31. The van der Waals surface area contributed by atoms with E-state index in [2.05, 4.69) is 15.4 Å². The van der Waals surface area contributed by atoms with Gasteiger partial charge in [0.15, 0.2) is 0 Å². The van der Waals surface area contributed by atoms with Crippen molar-refractivity contribution in [3.05, 3.63) is 34.7 Å². The number of anilines is 2. The maximum atomic E-state index is 6.01. The van der Waals surface area contributed by atoms with E-state index in [-0.39, 0.29) is 0 Å². The maximum Gasteiger partial charge on any atom is 0.149 e. The Morgan fingerprint density at radius 2 is 2.22 bits per heavy atom. The number of halogens is 2. The predicted molar refractivity (Wildman–Crippen MR) is 71.6 cm³/mol. The Kier molecular flexibility index (Phi) is 4.41. The van der Waals surface area contributed by atoms with Crippen LogP contribution in [0.5, 0.6) is 0 Å². The van der Waals surface area contributed by atoms with E-state index in [1.807, 2.05) is 6.20 Å². The molecule has 0 saturated carbocycles. The molecule has 0 amide bonds. The molecule has 0 aromatic carbocycles. The van der Waals surface area contributed by atoms with Crippen LogP contribution in [-0.2, 0) is 11.3 Å². The van der Waals surface area contributed by atoms with Crippen LogP contribution in [0.25, 0.3) is 0 Å². The van der Waals surface area contributed by atoms with Crippen molar-refractivity contribution in [2.24, 2.45) is 0 Å². The third kappa shape index (κ3) is 3.35. The lowest BCUT2D eigenvalue weighted by Crippen LogP contribution is -2.03. The molecule has 0 atom stereocenters. The minimum absolute atomic E-state index is 0.465. The molecule has 7 heteroatoms. The number of hydrogen-bond donors (Lipinski definition) is 1. The molecule has 0 spiro atoms. The van der Waals surface area contributed by atoms with Crippen LogP contribution < -0.4 is 5.32 Å². The zero-order valence-corrected chi connectivity index (χ0v) is 11.2. The van der Waals surface area contributed by atoms with Gasteiger partial charge in [0, 0.05) is 19.5 Å². The molecule has 0 saturated heterocycles. The van der Waals surface area contributed by atoms with Gasteiger partial charge in [-0.15, -0.1) is 0 Å². The van der Waals surface area contributed by atoms with Crippen LogP contribution in [-0.4, -0.2) is 28.5 Å². The van der Waals surface area contributed by atoms with Crippen LogP contribution in [0.1, 0.15) is 0 Å². The van der Waals surface area contributed by atoms with Crippen LogP contribution >= 0.6 is 23.2 Å². The van der Waals surface area contributed by atoms with Crippen LogP contribution in [0, 0.1) is 0 Å². The van der Waals surface area contributed by atoms with Crippen LogP contribution in [0.15, 0.2) is 24.7 Å². The Morgan fingerprint density at radius 1 is 1.39 bits per heavy atom. The summed E-state index contributed by atoms with van der Waals surface area (Å²) in [7, 11) is 1.65. The topological polar surface area (TPSA) is 52.0 Å². The van der Waals surface area contributed by atoms with Crippen molar-refractivity contribution in [1.29, 1.82) is 0 Å². The van der Waals surface area contributed by atoms with Gasteiger partial charge in [-0.3, -0.25) is 4.68 Å². The number of nitrogens with zero attached hydrogens (tertiary/aromatic N) is 3. The Morgan fingerprint density at radius 3 is 2.94 bits per heavy atom. The highest BCUT2D eigenvalue weighted by atomic mass is 35.5. The first-order valence-corrected chi connectivity index (χ1v) is 6.04. The summed E-state index contributed by atoms with van der Waals surface area (Å²) in [6.07, 6.45) is 5.08. The van der Waals surface area contributed by atoms with Crippen molar-refractivity contribution in [1.82, 2.24) is 14.8 Å². The average Bonchev–Trinajstić information content (AvgIpc) is 2.78. The largest absolute Gasteiger partial charge is 0.383 e. The van der Waals surface area contributed by atoms with Crippen LogP contribution in [0.2, 0.25) is 10.0 Å². The van der Waals surface area contributed by atoms with Gasteiger partial charge in [-0.05, 0) is 6.07 Å². The normalized spacial score (nSPS) is 10.6. The van der Waals surface area contributed by atoms with E-state index in [9.17, 15) is 0 Å². The molecular formula is C11H12Cl2N4O. The molecule has 0 aliphatic carbocycles. The second-order valence-electron chi connectivity index (χ2n) is 3.59. The Bertz CT molecular complexity index is 530. The van der Waals surface area contributed by atoms with Crippen LogP contribution in [0.4, 0.5) is 11.5 Å². The van der Waals surface area contributed by atoms with Crippen LogP contribution in [0.3, 0.4) is 0 Å². The van der Waals surface area contributed by atoms with Gasteiger partial charge in [0.1, 0.15) is 5.82 Å². The second kappa shape index (κ2) is 6.04. The number of methoxy groups -OCH3 is 1. The van der Waals surface area contributed by atoms with Crippen molar-refractivity contribution >= 4 is 34.7 Å². The minimum atomic E-state index is 0.465. The lowest BCUT2D eigenvalue weighted by Gasteiger charge is -2.04. The maximum absolute atomic E-state index is 6.01. The molecule has 0 bridgehead atoms. The first kappa shape index (κ1) is 13.1. The minimum Gasteiger partial charge on any atom is -0.383 e. The molecule has 0 aliphatic rings. The smallest absolute Gasteiger partial charge is 0.149 e. The van der Waals surface area contributed by atoms with Crippen molar-refractivity contribution in [3.8, 4) is 0 Å². The van der Waals surface area contributed by atoms with Gasteiger partial charge >= 0.3 is 0 Å². The molecule has 0 radical (unpaired) electrons. The standard InChI is InChI=1S/C11H12Cl2N4O/c1-18-3-2-17-7-9(6-15-17)16-11-10(13)4-8(12)5-14-11/h4-7H,2-3H2,1H3,(H,14,16). The number of nitrogens with one attached hydrogen (secondary N) is 1. The molecule has 18 heavy (non-hydrogen) atoms. The SMILES string of the molecule is COCCn1cc(Nc2ncc(Cl)cc2Cl)cn1. The fourth-order valence-corrected chi connectivity index (χ4v) is 1.81. The second-order valence-corrected chi connectivity index (χ2v) is 4.44. The predicted octanol–water partition coefficient (Wildman–Crippen LogP) is 2.97. The van der Waals surface area contributed by atoms with Crippen molar-refractivity contribution < 1.29 is 4.74 Å². The quantitative estimate of drug-likeness (QED) is 0.918. The number of ether oxygens (including phenoxy) is 1. The van der Waals surface area contributed by atoms with E-state index in [0.29, 0.717) is 29.0 Å². The highest BCUT2D eigenvalue weighted by molar-refractivity contribution is 6.36. The lowest BCUT2D eigenvalue weighted by molar-refractivity contribution is 0.183. The summed E-state index contributed by atoms with van der Waals surface area (Å²) in [4.78, 5) is 4.11. The zero-order chi connectivity index (χ0) is 13.0. The fourth-order valence-electron chi connectivity index (χ4n) is 1.38. The van der Waals surface area contributed by atoms with Crippen molar-refractivity contribution in [2.45, 2.75) is 6.54 Å². The molecule has 0 fully saturated rings. The third-order valence-corrected chi connectivity index (χ3v) is 2.72. The molecule has 0 aliphatic heterocycles. The van der Waals surface area contributed by atoms with Gasteiger partial charge in [0.2, 0.25) is 0 Å². The van der Waals surface area contributed by atoms with E-state index < -0.39 is 0 Å². The summed E-state index contributed by atoms with van der Waals surface area (Å²) in [5, 5.41) is 8.21. The molecular weight excluding hydrogens is 275 g/mol. The van der Waals surface area contributed by atoms with E-state index >= 15 is 0 Å². The Balaban J connectivity index is 2.06. The van der Waals surface area contributed by atoms with E-state index in [1.165, 1.54) is 6.20 Å². The molecule has 2 aromatic rings. The number of aromatic nitrogens is 3. The van der Waals surface area contributed by atoms with Gasteiger partial charge in [0.25, 0.3) is 0 Å². The van der Waals surface area contributed by atoms with E-state index in [4.69, 9.17) is 27.9 Å². The summed E-state index contributed by atoms with van der Waals surface area (Å²) < 4.78 is 6.75. The van der Waals surface area contributed by atoms with Gasteiger partial charge in [-0.1, -0.05) is 23.2 Å². The number of hydrogen-bond acceptors (Lipinski definition) is 4. The third-order valence-electron chi connectivity index (χ3n) is 2.23. The molecule has 2 aromatic heterocycles. The highest BCUT2D eigenvalue weighted by Gasteiger charge is 2.05. The summed E-state index contributed by atoms with van der Waals surface area (Å²) >= 11 is 11.8. The summed E-state index contributed by atoms with van der Waals surface area (Å²) in [5.74, 6) is 0.548. The average molecular weight is 287 g/mol. The number of pyridine rings is 1. The van der Waals surface area contributed by atoms with Gasteiger partial charge in [-0.2, -0.15) is 5.10 Å². The molecule has 96 valence electrons. The van der Waals surface area contributed by atoms with Crippen molar-refractivity contribution in [2.75, 3.05) is 19.0 Å².